The molecule has 4 nitrogen and oxygen atoms in total. The van der Waals surface area contributed by atoms with Crippen LogP contribution in [0.5, 0.6) is 0 Å². The van der Waals surface area contributed by atoms with Crippen molar-refractivity contribution >= 4 is 27.7 Å². The Kier molecular flexibility index (Phi) is 4.11. The van der Waals surface area contributed by atoms with Gasteiger partial charge in [-0.05, 0) is 17.7 Å². The van der Waals surface area contributed by atoms with Crippen molar-refractivity contribution in [3.8, 4) is 0 Å². The first-order valence-corrected chi connectivity index (χ1v) is 6.24. The third-order valence-electron chi connectivity index (χ3n) is 2.52. The lowest BCUT2D eigenvalue weighted by Crippen LogP contribution is -2.08. The van der Waals surface area contributed by atoms with Crippen LogP contribution in [0.3, 0.4) is 0 Å². The Morgan fingerprint density at radius 3 is 2.79 bits per heavy atom. The van der Waals surface area contributed by atoms with Gasteiger partial charge in [-0.3, -0.25) is 0 Å². The number of nitrogens with one attached hydrogen (secondary N) is 1. The molecule has 0 spiro atoms. The maximum Gasteiger partial charge on any atom is 0.338 e. The lowest BCUT2D eigenvalue weighted by Gasteiger charge is -2.09. The molecule has 98 valence electrons. The van der Waals surface area contributed by atoms with E-state index >= 15 is 0 Å². The van der Waals surface area contributed by atoms with Gasteiger partial charge < -0.3 is 10.4 Å². The van der Waals surface area contributed by atoms with Crippen LogP contribution in [0, 0.1) is 5.82 Å². The largest absolute Gasteiger partial charge is 0.478 e. The van der Waals surface area contributed by atoms with Crippen LogP contribution >= 0.6 is 15.9 Å². The molecule has 0 amide bonds. The number of anilines is 1. The number of halogens is 2. The molecule has 1 heterocycles. The van der Waals surface area contributed by atoms with Crippen molar-refractivity contribution in [3.05, 3.63) is 57.9 Å². The number of carboxylic acid groups (broad SMARTS) is 1. The summed E-state index contributed by atoms with van der Waals surface area (Å²) in [5, 5.41) is 11.6. The lowest BCUT2D eigenvalue weighted by atomic mass is 10.2. The minimum absolute atomic E-state index is 0.0735. The first kappa shape index (κ1) is 13.5. The molecule has 0 aliphatic carbocycles. The van der Waals surface area contributed by atoms with Gasteiger partial charge in [0, 0.05) is 17.2 Å². The molecule has 0 fully saturated rings. The molecule has 19 heavy (non-hydrogen) atoms. The summed E-state index contributed by atoms with van der Waals surface area (Å²) in [4.78, 5) is 14.6. The Morgan fingerprint density at radius 2 is 2.11 bits per heavy atom. The molecule has 1 aromatic heterocycles. The molecule has 0 saturated heterocycles. The molecule has 2 rings (SSSR count). The van der Waals surface area contributed by atoms with E-state index in [1.54, 1.807) is 0 Å². The normalized spacial score (nSPS) is 10.2. The first-order chi connectivity index (χ1) is 9.09. The average molecular weight is 325 g/mol. The van der Waals surface area contributed by atoms with Gasteiger partial charge in [0.25, 0.3) is 0 Å². The van der Waals surface area contributed by atoms with Crippen LogP contribution in [-0.2, 0) is 6.54 Å². The molecule has 1 aromatic carbocycles. The monoisotopic (exact) mass is 324 g/mol. The van der Waals surface area contributed by atoms with Crippen molar-refractivity contribution in [2.45, 2.75) is 6.54 Å². The van der Waals surface area contributed by atoms with Crippen molar-refractivity contribution in [1.29, 1.82) is 0 Å². The van der Waals surface area contributed by atoms with Crippen molar-refractivity contribution in [2.24, 2.45) is 0 Å². The van der Waals surface area contributed by atoms with Gasteiger partial charge >= 0.3 is 5.97 Å². The number of carbonyl (C=O) groups is 1. The molecule has 6 heteroatoms. The summed E-state index contributed by atoms with van der Waals surface area (Å²) in [7, 11) is 0. The summed E-state index contributed by atoms with van der Waals surface area (Å²) in [5.41, 5.74) is 0.522. The maximum atomic E-state index is 13.8. The van der Waals surface area contributed by atoms with Gasteiger partial charge in [0.05, 0.1) is 0 Å². The molecule has 0 unspecified atom stereocenters. The van der Waals surface area contributed by atoms with E-state index in [2.05, 4.69) is 26.2 Å². The van der Waals surface area contributed by atoms with Gasteiger partial charge in [0.15, 0.2) is 11.6 Å². The predicted octanol–water partition coefficient (Wildman–Crippen LogP) is 3.29. The summed E-state index contributed by atoms with van der Waals surface area (Å²) in [5.74, 6) is -2.25. The van der Waals surface area contributed by atoms with Crippen molar-refractivity contribution in [3.63, 3.8) is 0 Å². The Balaban J connectivity index is 2.19. The highest BCUT2D eigenvalue weighted by Crippen LogP contribution is 2.19. The minimum Gasteiger partial charge on any atom is -0.478 e. The molecular formula is C13H10BrFN2O2. The van der Waals surface area contributed by atoms with E-state index in [0.29, 0.717) is 6.54 Å². The number of carboxylic acids is 1. The molecule has 0 aliphatic heterocycles. The highest BCUT2D eigenvalue weighted by atomic mass is 79.9. The van der Waals surface area contributed by atoms with Gasteiger partial charge in [-0.25, -0.2) is 14.2 Å². The van der Waals surface area contributed by atoms with Gasteiger partial charge in [0.1, 0.15) is 5.56 Å². The third-order valence-corrected chi connectivity index (χ3v) is 3.30. The summed E-state index contributed by atoms with van der Waals surface area (Å²) >= 11 is 3.38. The van der Waals surface area contributed by atoms with E-state index < -0.39 is 17.3 Å². The second-order valence-electron chi connectivity index (χ2n) is 3.77. The molecule has 2 N–H and O–H groups in total. The zero-order chi connectivity index (χ0) is 13.8. The van der Waals surface area contributed by atoms with Crippen LogP contribution in [0.15, 0.2) is 41.0 Å². The number of nitrogens with zero attached hydrogens (tertiary/aromatic N) is 1. The summed E-state index contributed by atoms with van der Waals surface area (Å²) in [6.45, 7) is 0.342. The first-order valence-electron chi connectivity index (χ1n) is 5.44. The van der Waals surface area contributed by atoms with Crippen LogP contribution in [-0.4, -0.2) is 16.1 Å². The molecule has 0 aliphatic rings. The van der Waals surface area contributed by atoms with E-state index in [9.17, 15) is 9.18 Å². The standard InChI is InChI=1S/C13H10BrFN2O2/c14-10-4-2-1-3-8(10)7-17-12-11(15)9(13(18)19)5-6-16-12/h1-6H,7H2,(H,16,17)(H,18,19). The summed E-state index contributed by atoms with van der Waals surface area (Å²) < 4.78 is 14.7. The maximum absolute atomic E-state index is 13.8. The fraction of sp³-hybridized carbons (Fsp3) is 0.0769. The summed E-state index contributed by atoms with van der Waals surface area (Å²) in [6.07, 6.45) is 1.26. The van der Waals surface area contributed by atoms with Gasteiger partial charge in [-0.2, -0.15) is 0 Å². The fourth-order valence-corrected chi connectivity index (χ4v) is 1.98. The number of benzene rings is 1. The average Bonchev–Trinajstić information content (AvgIpc) is 2.39. The molecule has 0 atom stereocenters. The number of hydrogen-bond donors (Lipinski definition) is 2. The molecule has 2 aromatic rings. The topological polar surface area (TPSA) is 62.2 Å². The Bertz CT molecular complexity index is 619. The van der Waals surface area contributed by atoms with E-state index in [4.69, 9.17) is 5.11 Å². The molecule has 0 radical (unpaired) electrons. The quantitative estimate of drug-likeness (QED) is 0.905. The van der Waals surface area contributed by atoms with E-state index in [0.717, 1.165) is 16.1 Å². The fourth-order valence-electron chi connectivity index (χ4n) is 1.55. The molecular weight excluding hydrogens is 315 g/mol. The Labute approximate surface area is 117 Å². The van der Waals surface area contributed by atoms with Crippen molar-refractivity contribution < 1.29 is 14.3 Å². The number of pyridine rings is 1. The SMILES string of the molecule is O=C(O)c1ccnc(NCc2ccccc2Br)c1F. The van der Waals surface area contributed by atoms with Crippen molar-refractivity contribution in [1.82, 2.24) is 4.98 Å². The van der Waals surface area contributed by atoms with Crippen LogP contribution in [0.25, 0.3) is 0 Å². The van der Waals surface area contributed by atoms with Crippen LogP contribution in [0.1, 0.15) is 15.9 Å². The highest BCUT2D eigenvalue weighted by Gasteiger charge is 2.14. The van der Waals surface area contributed by atoms with E-state index in [1.165, 1.54) is 6.20 Å². The van der Waals surface area contributed by atoms with Gasteiger partial charge in [-0.15, -0.1) is 0 Å². The van der Waals surface area contributed by atoms with Gasteiger partial charge in [-0.1, -0.05) is 34.1 Å². The smallest absolute Gasteiger partial charge is 0.338 e. The number of aromatic nitrogens is 1. The third kappa shape index (κ3) is 3.08. The predicted molar refractivity (Wildman–Crippen MR) is 72.6 cm³/mol. The Hall–Kier alpha value is -1.95. The summed E-state index contributed by atoms with van der Waals surface area (Å²) in [6, 6.07) is 8.60. The molecule has 0 bridgehead atoms. The number of rotatable bonds is 4. The minimum atomic E-state index is -1.32. The number of aromatic carboxylic acids is 1. The second-order valence-corrected chi connectivity index (χ2v) is 4.63. The van der Waals surface area contributed by atoms with Gasteiger partial charge in [0.2, 0.25) is 0 Å². The number of hydrogen-bond acceptors (Lipinski definition) is 3. The Morgan fingerprint density at radius 1 is 1.37 bits per heavy atom. The second kappa shape index (κ2) is 5.79. The van der Waals surface area contributed by atoms with E-state index in [-0.39, 0.29) is 5.82 Å². The molecule has 0 saturated carbocycles. The highest BCUT2D eigenvalue weighted by molar-refractivity contribution is 9.10. The lowest BCUT2D eigenvalue weighted by molar-refractivity contribution is 0.0692. The zero-order valence-electron chi connectivity index (χ0n) is 9.73. The van der Waals surface area contributed by atoms with Crippen LogP contribution in [0.2, 0.25) is 0 Å². The van der Waals surface area contributed by atoms with Crippen LogP contribution < -0.4 is 5.32 Å². The zero-order valence-corrected chi connectivity index (χ0v) is 11.3. The van der Waals surface area contributed by atoms with Crippen LogP contribution in [0.4, 0.5) is 10.2 Å². The van der Waals surface area contributed by atoms with Crippen molar-refractivity contribution in [2.75, 3.05) is 5.32 Å². The van der Waals surface area contributed by atoms with E-state index in [1.807, 2.05) is 24.3 Å².